The first kappa shape index (κ1) is 18.3. The van der Waals surface area contributed by atoms with Crippen LogP contribution in [-0.4, -0.2) is 15.9 Å². The first-order valence-electron chi connectivity index (χ1n) is 10.1. The molecule has 0 bridgehead atoms. The number of rotatable bonds is 5. The van der Waals surface area contributed by atoms with Gasteiger partial charge in [-0.05, 0) is 59.4 Å². The second-order valence-electron chi connectivity index (χ2n) is 7.50. The van der Waals surface area contributed by atoms with Crippen molar-refractivity contribution in [2.75, 3.05) is 4.90 Å². The van der Waals surface area contributed by atoms with Crippen molar-refractivity contribution in [3.05, 3.63) is 108 Å². The van der Waals surface area contributed by atoms with Crippen molar-refractivity contribution in [3.63, 3.8) is 0 Å². The summed E-state index contributed by atoms with van der Waals surface area (Å²) in [6.07, 6.45) is 7.86. The second kappa shape index (κ2) is 7.91. The van der Waals surface area contributed by atoms with Crippen LogP contribution in [0.4, 0.5) is 11.5 Å². The minimum atomic E-state index is 0.0515. The predicted molar refractivity (Wildman–Crippen MR) is 119 cm³/mol. The highest BCUT2D eigenvalue weighted by Gasteiger charge is 2.29. The molecule has 0 unspecified atom stereocenters. The molecule has 1 amide bonds. The minimum absolute atomic E-state index is 0.0515. The SMILES string of the molecule is O=C1Cc2ccc(-c3cncc(CCc4ccccc4)c3)cc2N1c1ccccn1. The molecule has 4 aromatic rings. The van der Waals surface area contributed by atoms with Crippen molar-refractivity contribution >= 4 is 17.4 Å². The molecule has 0 saturated carbocycles. The molecule has 4 nitrogen and oxygen atoms in total. The average molecular weight is 391 g/mol. The maximum Gasteiger partial charge on any atom is 0.237 e. The van der Waals surface area contributed by atoms with E-state index in [1.54, 1.807) is 11.1 Å². The summed E-state index contributed by atoms with van der Waals surface area (Å²) in [5, 5.41) is 0. The molecule has 2 aromatic heterocycles. The van der Waals surface area contributed by atoms with Crippen LogP contribution in [0.25, 0.3) is 11.1 Å². The molecule has 0 aliphatic carbocycles. The van der Waals surface area contributed by atoms with Gasteiger partial charge in [0.05, 0.1) is 12.1 Å². The highest BCUT2D eigenvalue weighted by atomic mass is 16.2. The van der Waals surface area contributed by atoms with Crippen LogP contribution in [0.2, 0.25) is 0 Å². The third kappa shape index (κ3) is 3.60. The summed E-state index contributed by atoms with van der Waals surface area (Å²) in [6.45, 7) is 0. The Bertz CT molecular complexity index is 1190. The lowest BCUT2D eigenvalue weighted by Crippen LogP contribution is -2.21. The van der Waals surface area contributed by atoms with Crippen LogP contribution < -0.4 is 4.90 Å². The number of fused-ring (bicyclic) bond motifs is 1. The summed E-state index contributed by atoms with van der Waals surface area (Å²) < 4.78 is 0. The second-order valence-corrected chi connectivity index (χ2v) is 7.50. The molecule has 0 fully saturated rings. The van der Waals surface area contributed by atoms with Gasteiger partial charge in [-0.1, -0.05) is 48.5 Å². The Hall–Kier alpha value is -3.79. The van der Waals surface area contributed by atoms with Gasteiger partial charge in [-0.2, -0.15) is 0 Å². The van der Waals surface area contributed by atoms with Gasteiger partial charge in [-0.25, -0.2) is 4.98 Å². The van der Waals surface area contributed by atoms with Gasteiger partial charge in [-0.3, -0.25) is 14.7 Å². The van der Waals surface area contributed by atoms with Gasteiger partial charge in [0.2, 0.25) is 5.91 Å². The minimum Gasteiger partial charge on any atom is -0.274 e. The van der Waals surface area contributed by atoms with E-state index in [-0.39, 0.29) is 5.91 Å². The Morgan fingerprint density at radius 2 is 1.63 bits per heavy atom. The fraction of sp³-hybridized carbons (Fsp3) is 0.115. The number of carbonyl (C=O) groups is 1. The average Bonchev–Trinajstić information content (AvgIpc) is 3.14. The standard InChI is InChI=1S/C26H21N3O/c30-26-16-22-12-11-21(15-24(22)29(26)25-8-4-5-13-28-25)23-14-20(17-27-18-23)10-9-19-6-2-1-3-7-19/h1-8,11-15,17-18H,9-10,16H2. The third-order valence-electron chi connectivity index (χ3n) is 5.47. The maximum absolute atomic E-state index is 12.6. The zero-order valence-corrected chi connectivity index (χ0v) is 16.5. The molecule has 0 saturated heterocycles. The lowest BCUT2D eigenvalue weighted by Gasteiger charge is -2.17. The van der Waals surface area contributed by atoms with Crippen LogP contribution in [0.3, 0.4) is 0 Å². The van der Waals surface area contributed by atoms with Crippen molar-refractivity contribution < 1.29 is 4.79 Å². The highest BCUT2D eigenvalue weighted by molar-refractivity contribution is 6.07. The number of hydrogen-bond donors (Lipinski definition) is 0. The van der Waals surface area contributed by atoms with E-state index in [0.29, 0.717) is 12.2 Å². The number of aryl methyl sites for hydroxylation is 2. The van der Waals surface area contributed by atoms with Crippen LogP contribution >= 0.6 is 0 Å². The summed E-state index contributed by atoms with van der Waals surface area (Å²) in [7, 11) is 0. The summed E-state index contributed by atoms with van der Waals surface area (Å²) >= 11 is 0. The number of nitrogens with zero attached hydrogens (tertiary/aromatic N) is 3. The first-order valence-corrected chi connectivity index (χ1v) is 10.1. The van der Waals surface area contributed by atoms with E-state index < -0.39 is 0 Å². The molecule has 0 radical (unpaired) electrons. The Labute approximate surface area is 175 Å². The van der Waals surface area contributed by atoms with Gasteiger partial charge < -0.3 is 0 Å². The maximum atomic E-state index is 12.6. The van der Waals surface area contributed by atoms with Crippen LogP contribution in [-0.2, 0) is 24.1 Å². The molecule has 1 aliphatic heterocycles. The molecule has 0 atom stereocenters. The molecular formula is C26H21N3O. The van der Waals surface area contributed by atoms with Crippen LogP contribution in [0.1, 0.15) is 16.7 Å². The number of amides is 1. The number of carbonyl (C=O) groups excluding carboxylic acids is 1. The van der Waals surface area contributed by atoms with E-state index >= 15 is 0 Å². The molecule has 5 rings (SSSR count). The van der Waals surface area contributed by atoms with Gasteiger partial charge in [-0.15, -0.1) is 0 Å². The Morgan fingerprint density at radius 1 is 0.800 bits per heavy atom. The van der Waals surface area contributed by atoms with E-state index in [1.807, 2.05) is 42.7 Å². The summed E-state index contributed by atoms with van der Waals surface area (Å²) in [4.78, 5) is 23.2. The number of benzene rings is 2. The predicted octanol–water partition coefficient (Wildman–Crippen LogP) is 5.15. The lowest BCUT2D eigenvalue weighted by atomic mass is 10.0. The lowest BCUT2D eigenvalue weighted by molar-refractivity contribution is -0.116. The van der Waals surface area contributed by atoms with Crippen LogP contribution in [0.15, 0.2) is 91.4 Å². The molecule has 2 aromatic carbocycles. The topological polar surface area (TPSA) is 46.1 Å². The normalized spacial score (nSPS) is 12.8. The van der Waals surface area contributed by atoms with Gasteiger partial charge in [0.15, 0.2) is 0 Å². The fourth-order valence-corrected chi connectivity index (χ4v) is 3.93. The fourth-order valence-electron chi connectivity index (χ4n) is 3.93. The van der Waals surface area contributed by atoms with Gasteiger partial charge >= 0.3 is 0 Å². The third-order valence-corrected chi connectivity index (χ3v) is 5.47. The molecule has 3 heterocycles. The van der Waals surface area contributed by atoms with E-state index in [1.165, 1.54) is 11.1 Å². The summed E-state index contributed by atoms with van der Waals surface area (Å²) in [5.74, 6) is 0.712. The smallest absolute Gasteiger partial charge is 0.237 e. The van der Waals surface area contributed by atoms with Crippen molar-refractivity contribution in [1.82, 2.24) is 9.97 Å². The van der Waals surface area contributed by atoms with Gasteiger partial charge in [0.1, 0.15) is 5.82 Å². The zero-order valence-electron chi connectivity index (χ0n) is 16.5. The van der Waals surface area contributed by atoms with E-state index in [0.717, 1.165) is 35.2 Å². The molecule has 0 spiro atoms. The number of hydrogen-bond acceptors (Lipinski definition) is 3. The number of aromatic nitrogens is 2. The quantitative estimate of drug-likeness (QED) is 0.473. The molecule has 0 N–H and O–H groups in total. The zero-order chi connectivity index (χ0) is 20.3. The number of pyridine rings is 2. The van der Waals surface area contributed by atoms with E-state index in [4.69, 9.17) is 0 Å². The van der Waals surface area contributed by atoms with Crippen molar-refractivity contribution in [2.45, 2.75) is 19.3 Å². The Morgan fingerprint density at radius 3 is 2.47 bits per heavy atom. The van der Waals surface area contributed by atoms with Crippen molar-refractivity contribution in [3.8, 4) is 11.1 Å². The highest BCUT2D eigenvalue weighted by Crippen LogP contribution is 2.37. The summed E-state index contributed by atoms with van der Waals surface area (Å²) in [6, 6.07) is 24.5. The molecule has 4 heteroatoms. The van der Waals surface area contributed by atoms with Crippen LogP contribution in [0, 0.1) is 0 Å². The van der Waals surface area contributed by atoms with Gasteiger partial charge in [0, 0.05) is 24.2 Å². The van der Waals surface area contributed by atoms with Crippen LogP contribution in [0.5, 0.6) is 0 Å². The van der Waals surface area contributed by atoms with Gasteiger partial charge in [0.25, 0.3) is 0 Å². The molecular weight excluding hydrogens is 370 g/mol. The monoisotopic (exact) mass is 391 g/mol. The van der Waals surface area contributed by atoms with E-state index in [9.17, 15) is 4.79 Å². The largest absolute Gasteiger partial charge is 0.274 e. The summed E-state index contributed by atoms with van der Waals surface area (Å²) in [5.41, 5.74) is 6.58. The van der Waals surface area contributed by atoms with Crippen molar-refractivity contribution in [1.29, 1.82) is 0 Å². The molecule has 146 valence electrons. The van der Waals surface area contributed by atoms with Crippen molar-refractivity contribution in [2.24, 2.45) is 0 Å². The molecule has 30 heavy (non-hydrogen) atoms. The first-order chi connectivity index (χ1) is 14.8. The Balaban J connectivity index is 1.43. The van der Waals surface area contributed by atoms with E-state index in [2.05, 4.69) is 52.4 Å². The Kier molecular flexibility index (Phi) is 4.81. The number of anilines is 2. The molecule has 1 aliphatic rings.